The van der Waals surface area contributed by atoms with Crippen molar-refractivity contribution in [3.05, 3.63) is 38.5 Å². The number of anilines is 1. The van der Waals surface area contributed by atoms with Gasteiger partial charge in [-0.15, -0.1) is 0 Å². The van der Waals surface area contributed by atoms with E-state index >= 15 is 0 Å². The van der Waals surface area contributed by atoms with Crippen LogP contribution >= 0.6 is 34.8 Å². The maximum Gasteiger partial charge on any atom is 0.149 e. The van der Waals surface area contributed by atoms with Gasteiger partial charge in [0.15, 0.2) is 0 Å². The van der Waals surface area contributed by atoms with Crippen LogP contribution in [0.3, 0.4) is 0 Å². The lowest BCUT2D eigenvalue weighted by molar-refractivity contribution is 0.788. The van der Waals surface area contributed by atoms with E-state index < -0.39 is 0 Å². The van der Waals surface area contributed by atoms with Crippen LogP contribution in [0.5, 0.6) is 0 Å². The molecular formula is C12H10Cl3N3. The zero-order chi connectivity index (χ0) is 12.9. The van der Waals surface area contributed by atoms with Gasteiger partial charge in [0.1, 0.15) is 5.82 Å². The predicted octanol–water partition coefficient (Wildman–Crippen LogP) is 3.90. The molecule has 0 fully saturated rings. The second kappa shape index (κ2) is 4.34. The van der Waals surface area contributed by atoms with Crippen molar-refractivity contribution in [1.29, 1.82) is 0 Å². The Bertz CT molecular complexity index is 634. The lowest BCUT2D eigenvalue weighted by Crippen LogP contribution is -2.02. The summed E-state index contributed by atoms with van der Waals surface area (Å²) in [7, 11) is 0. The second-order valence-electron chi connectivity index (χ2n) is 4.29. The van der Waals surface area contributed by atoms with Crippen molar-refractivity contribution in [1.82, 2.24) is 9.78 Å². The number of nitrogens with two attached hydrogens (primary N) is 1. The van der Waals surface area contributed by atoms with Gasteiger partial charge in [0.05, 0.1) is 20.8 Å². The molecule has 18 heavy (non-hydrogen) atoms. The van der Waals surface area contributed by atoms with Crippen molar-refractivity contribution in [3.63, 3.8) is 0 Å². The molecule has 1 aromatic carbocycles. The summed E-state index contributed by atoms with van der Waals surface area (Å²) < 4.78 is 1.78. The Hall–Kier alpha value is -0.900. The van der Waals surface area contributed by atoms with Crippen LogP contribution in [0.25, 0.3) is 5.69 Å². The number of halogens is 3. The average molecular weight is 303 g/mol. The third-order valence-electron chi connectivity index (χ3n) is 3.18. The van der Waals surface area contributed by atoms with Crippen LogP contribution in [0.2, 0.25) is 15.1 Å². The van der Waals surface area contributed by atoms with Gasteiger partial charge in [-0.2, -0.15) is 5.10 Å². The molecule has 6 heteroatoms. The zero-order valence-corrected chi connectivity index (χ0v) is 11.6. The Balaban J connectivity index is 2.22. The van der Waals surface area contributed by atoms with Crippen LogP contribution in [0.4, 0.5) is 5.82 Å². The summed E-state index contributed by atoms with van der Waals surface area (Å²) in [6.07, 6.45) is 3.02. The maximum atomic E-state index is 6.20. The minimum Gasteiger partial charge on any atom is -0.382 e. The third kappa shape index (κ3) is 1.78. The Labute approximate surface area is 119 Å². The first kappa shape index (κ1) is 12.2. The molecule has 0 saturated carbocycles. The lowest BCUT2D eigenvalue weighted by atomic mass is 10.2. The van der Waals surface area contributed by atoms with Crippen molar-refractivity contribution >= 4 is 40.6 Å². The molecule has 0 spiro atoms. The van der Waals surface area contributed by atoms with E-state index in [1.807, 2.05) is 0 Å². The molecule has 3 nitrogen and oxygen atoms in total. The molecule has 2 aromatic rings. The van der Waals surface area contributed by atoms with Gasteiger partial charge in [0.25, 0.3) is 0 Å². The second-order valence-corrected chi connectivity index (χ2v) is 5.52. The van der Waals surface area contributed by atoms with Gasteiger partial charge in [0, 0.05) is 11.3 Å². The van der Waals surface area contributed by atoms with E-state index in [4.69, 9.17) is 40.5 Å². The van der Waals surface area contributed by atoms with Crippen molar-refractivity contribution in [2.45, 2.75) is 19.3 Å². The molecule has 94 valence electrons. The van der Waals surface area contributed by atoms with E-state index in [1.165, 1.54) is 0 Å². The fraction of sp³-hybridized carbons (Fsp3) is 0.250. The maximum absolute atomic E-state index is 6.20. The Morgan fingerprint density at radius 2 is 1.78 bits per heavy atom. The Morgan fingerprint density at radius 1 is 1.06 bits per heavy atom. The number of fused-ring (bicyclic) bond motifs is 1. The third-order valence-corrected chi connectivity index (χ3v) is 4.20. The van der Waals surface area contributed by atoms with Crippen LogP contribution in [0.15, 0.2) is 12.1 Å². The molecule has 0 unspecified atom stereocenters. The number of rotatable bonds is 1. The number of nitrogen functional groups attached to an aromatic ring is 1. The Morgan fingerprint density at radius 3 is 2.56 bits per heavy atom. The molecular weight excluding hydrogens is 293 g/mol. The van der Waals surface area contributed by atoms with Gasteiger partial charge in [-0.05, 0) is 31.4 Å². The molecule has 1 aliphatic rings. The summed E-state index contributed by atoms with van der Waals surface area (Å²) in [6, 6.07) is 3.34. The summed E-state index contributed by atoms with van der Waals surface area (Å²) in [5, 5.41) is 5.75. The average Bonchev–Trinajstić information content (AvgIpc) is 2.89. The first-order chi connectivity index (χ1) is 8.58. The van der Waals surface area contributed by atoms with E-state index in [9.17, 15) is 0 Å². The molecule has 2 N–H and O–H groups in total. The highest BCUT2D eigenvalue weighted by molar-refractivity contribution is 6.43. The largest absolute Gasteiger partial charge is 0.382 e. The first-order valence-corrected chi connectivity index (χ1v) is 6.72. The Kier molecular flexibility index (Phi) is 2.93. The zero-order valence-electron chi connectivity index (χ0n) is 9.38. The number of nitrogens with zero attached hydrogens (tertiary/aromatic N) is 2. The molecule has 0 radical (unpaired) electrons. The highest BCUT2D eigenvalue weighted by Gasteiger charge is 2.23. The summed E-state index contributed by atoms with van der Waals surface area (Å²) >= 11 is 18.2. The highest BCUT2D eigenvalue weighted by Crippen LogP contribution is 2.35. The van der Waals surface area contributed by atoms with Gasteiger partial charge in [-0.25, -0.2) is 4.68 Å². The van der Waals surface area contributed by atoms with Gasteiger partial charge in [-0.3, -0.25) is 0 Å². The quantitative estimate of drug-likeness (QED) is 0.812. The minimum absolute atomic E-state index is 0.433. The topological polar surface area (TPSA) is 43.8 Å². The monoisotopic (exact) mass is 301 g/mol. The van der Waals surface area contributed by atoms with Crippen LogP contribution in [-0.2, 0) is 12.8 Å². The fourth-order valence-corrected chi connectivity index (χ4v) is 2.96. The molecule has 0 aliphatic heterocycles. The van der Waals surface area contributed by atoms with Crippen LogP contribution < -0.4 is 5.73 Å². The van der Waals surface area contributed by atoms with Gasteiger partial charge < -0.3 is 5.73 Å². The van der Waals surface area contributed by atoms with E-state index in [0.717, 1.165) is 36.2 Å². The summed E-state index contributed by atoms with van der Waals surface area (Å²) in [5.41, 5.74) is 8.88. The summed E-state index contributed by atoms with van der Waals surface area (Å²) in [5.74, 6) is 0.574. The first-order valence-electron chi connectivity index (χ1n) is 5.59. The van der Waals surface area contributed by atoms with E-state index in [0.29, 0.717) is 20.9 Å². The van der Waals surface area contributed by atoms with Gasteiger partial charge in [-0.1, -0.05) is 34.8 Å². The van der Waals surface area contributed by atoms with E-state index in [1.54, 1.807) is 16.8 Å². The molecule has 1 aromatic heterocycles. The standard InChI is InChI=1S/C12H10Cl3N3/c13-7-4-9(15)11(5-8(7)14)18-10-3-1-2-6(10)12(16)17-18/h4-5H,1-3H2,(H2,16,17). The summed E-state index contributed by atoms with van der Waals surface area (Å²) in [4.78, 5) is 0. The highest BCUT2D eigenvalue weighted by atomic mass is 35.5. The van der Waals surface area contributed by atoms with Crippen LogP contribution in [0.1, 0.15) is 17.7 Å². The lowest BCUT2D eigenvalue weighted by Gasteiger charge is -2.09. The fourth-order valence-electron chi connectivity index (χ4n) is 2.34. The van der Waals surface area contributed by atoms with Crippen molar-refractivity contribution < 1.29 is 0 Å². The molecule has 3 rings (SSSR count). The number of aromatic nitrogens is 2. The molecule has 0 bridgehead atoms. The smallest absolute Gasteiger partial charge is 0.149 e. The molecule has 0 saturated heterocycles. The van der Waals surface area contributed by atoms with Crippen molar-refractivity contribution in [3.8, 4) is 5.69 Å². The molecule has 0 atom stereocenters. The van der Waals surface area contributed by atoms with Crippen LogP contribution in [0, 0.1) is 0 Å². The van der Waals surface area contributed by atoms with E-state index in [2.05, 4.69) is 5.10 Å². The number of hydrogen-bond donors (Lipinski definition) is 1. The predicted molar refractivity (Wildman–Crippen MR) is 75.0 cm³/mol. The SMILES string of the molecule is Nc1nn(-c2cc(Cl)c(Cl)cc2Cl)c2c1CCC2. The van der Waals surface area contributed by atoms with Gasteiger partial charge >= 0.3 is 0 Å². The van der Waals surface area contributed by atoms with Crippen molar-refractivity contribution in [2.24, 2.45) is 0 Å². The number of benzene rings is 1. The van der Waals surface area contributed by atoms with E-state index in [-0.39, 0.29) is 0 Å². The molecule has 1 aliphatic carbocycles. The normalized spacial score (nSPS) is 13.9. The molecule has 1 heterocycles. The summed E-state index contributed by atoms with van der Waals surface area (Å²) in [6.45, 7) is 0. The molecule has 0 amide bonds. The van der Waals surface area contributed by atoms with Gasteiger partial charge in [0.2, 0.25) is 0 Å². The van der Waals surface area contributed by atoms with Crippen molar-refractivity contribution in [2.75, 3.05) is 5.73 Å². The number of hydrogen-bond acceptors (Lipinski definition) is 2. The minimum atomic E-state index is 0.433. The van der Waals surface area contributed by atoms with Crippen LogP contribution in [-0.4, -0.2) is 9.78 Å².